The van der Waals surface area contributed by atoms with Crippen molar-refractivity contribution < 1.29 is 9.90 Å². The van der Waals surface area contributed by atoms with Crippen molar-refractivity contribution in [3.8, 4) is 5.75 Å². The van der Waals surface area contributed by atoms with E-state index in [1.807, 2.05) is 42.6 Å². The molecule has 0 saturated carbocycles. The van der Waals surface area contributed by atoms with Gasteiger partial charge in [-0.3, -0.25) is 4.79 Å². The number of nitrogens with zero attached hydrogens (tertiary/aromatic N) is 1. The molecule has 0 fully saturated rings. The van der Waals surface area contributed by atoms with Crippen LogP contribution in [-0.2, 0) is 11.3 Å². The molecule has 3 aromatic carbocycles. The summed E-state index contributed by atoms with van der Waals surface area (Å²) in [6, 6.07) is 21.0. The summed E-state index contributed by atoms with van der Waals surface area (Å²) in [6.45, 7) is 0.620. The first kappa shape index (κ1) is 15.3. The fourth-order valence-electron chi connectivity index (χ4n) is 3.17. The molecule has 4 nitrogen and oxygen atoms in total. The zero-order valence-electron chi connectivity index (χ0n) is 13.6. The molecule has 0 atom stereocenters. The number of aromatic hydroxyl groups is 1. The molecule has 0 unspecified atom stereocenters. The quantitative estimate of drug-likeness (QED) is 0.577. The summed E-state index contributed by atoms with van der Waals surface area (Å²) in [5, 5.41) is 15.6. The number of anilines is 1. The predicted molar refractivity (Wildman–Crippen MR) is 101 cm³/mol. The number of phenols is 1. The number of aryl methyl sites for hydroxylation is 1. The number of rotatable bonds is 4. The molecule has 4 aromatic rings. The Bertz CT molecular complexity index is 1070. The van der Waals surface area contributed by atoms with Gasteiger partial charge in [0.2, 0.25) is 5.91 Å². The standard InChI is InChI=1S/C21H18N2O2/c24-20-10-4-6-16-17(20)7-3-8-18(16)22-21(25)12-14-23-13-11-15-5-1-2-9-19(15)23/h1-11,13,24H,12,14H2,(H,22,25). The lowest BCUT2D eigenvalue weighted by atomic mass is 10.1. The number of carbonyl (C=O) groups is 1. The first-order valence-corrected chi connectivity index (χ1v) is 8.27. The molecule has 1 amide bonds. The van der Waals surface area contributed by atoms with Gasteiger partial charge in [0.15, 0.2) is 0 Å². The Hall–Kier alpha value is -3.27. The molecule has 1 aromatic heterocycles. The van der Waals surface area contributed by atoms with E-state index < -0.39 is 0 Å². The van der Waals surface area contributed by atoms with Gasteiger partial charge < -0.3 is 15.0 Å². The van der Waals surface area contributed by atoms with Crippen molar-refractivity contribution in [3.63, 3.8) is 0 Å². The molecule has 0 radical (unpaired) electrons. The van der Waals surface area contributed by atoms with Crippen LogP contribution in [0.5, 0.6) is 5.75 Å². The van der Waals surface area contributed by atoms with Crippen molar-refractivity contribution in [1.82, 2.24) is 4.57 Å². The number of fused-ring (bicyclic) bond motifs is 2. The van der Waals surface area contributed by atoms with Crippen molar-refractivity contribution >= 4 is 33.3 Å². The van der Waals surface area contributed by atoms with Crippen LogP contribution in [0.2, 0.25) is 0 Å². The molecule has 0 bridgehead atoms. The maximum Gasteiger partial charge on any atom is 0.226 e. The van der Waals surface area contributed by atoms with Crippen molar-refractivity contribution in [3.05, 3.63) is 72.9 Å². The largest absolute Gasteiger partial charge is 0.507 e. The van der Waals surface area contributed by atoms with Crippen LogP contribution in [0.1, 0.15) is 6.42 Å². The van der Waals surface area contributed by atoms with Crippen molar-refractivity contribution in [2.45, 2.75) is 13.0 Å². The van der Waals surface area contributed by atoms with Crippen molar-refractivity contribution in [2.24, 2.45) is 0 Å². The highest BCUT2D eigenvalue weighted by molar-refractivity contribution is 6.03. The number of hydrogen-bond acceptors (Lipinski definition) is 2. The maximum absolute atomic E-state index is 12.4. The Kier molecular flexibility index (Phi) is 3.86. The van der Waals surface area contributed by atoms with Gasteiger partial charge in [-0.2, -0.15) is 0 Å². The molecule has 2 N–H and O–H groups in total. The first-order chi connectivity index (χ1) is 12.2. The Balaban J connectivity index is 1.50. The smallest absolute Gasteiger partial charge is 0.226 e. The molecule has 124 valence electrons. The van der Waals surface area contributed by atoms with Crippen LogP contribution in [0, 0.1) is 0 Å². The number of nitrogens with one attached hydrogen (secondary N) is 1. The van der Waals surface area contributed by atoms with E-state index in [9.17, 15) is 9.90 Å². The third-order valence-electron chi connectivity index (χ3n) is 4.43. The second kappa shape index (κ2) is 6.32. The number of benzene rings is 3. The van der Waals surface area contributed by atoms with Gasteiger partial charge in [-0.1, -0.05) is 42.5 Å². The number of para-hydroxylation sites is 1. The van der Waals surface area contributed by atoms with Gasteiger partial charge >= 0.3 is 0 Å². The highest BCUT2D eigenvalue weighted by Gasteiger charge is 2.08. The van der Waals surface area contributed by atoms with E-state index in [4.69, 9.17) is 0 Å². The summed E-state index contributed by atoms with van der Waals surface area (Å²) in [5.41, 5.74) is 1.85. The summed E-state index contributed by atoms with van der Waals surface area (Å²) in [5.74, 6) is 0.168. The van der Waals surface area contributed by atoms with Gasteiger partial charge in [0.05, 0.1) is 0 Å². The highest BCUT2D eigenvalue weighted by atomic mass is 16.3. The predicted octanol–water partition coefficient (Wildman–Crippen LogP) is 4.53. The summed E-state index contributed by atoms with van der Waals surface area (Å²) < 4.78 is 2.09. The minimum atomic E-state index is -0.0476. The molecule has 1 heterocycles. The second-order valence-electron chi connectivity index (χ2n) is 6.04. The van der Waals surface area contributed by atoms with Crippen LogP contribution in [-0.4, -0.2) is 15.6 Å². The van der Waals surface area contributed by atoms with Crippen molar-refractivity contribution in [1.29, 1.82) is 0 Å². The minimum Gasteiger partial charge on any atom is -0.507 e. The summed E-state index contributed by atoms with van der Waals surface area (Å²) in [7, 11) is 0. The van der Waals surface area contributed by atoms with Gasteiger partial charge in [0.1, 0.15) is 5.75 Å². The van der Waals surface area contributed by atoms with E-state index in [1.165, 1.54) is 5.39 Å². The Morgan fingerprint density at radius 2 is 1.72 bits per heavy atom. The van der Waals surface area contributed by atoms with Crippen LogP contribution >= 0.6 is 0 Å². The zero-order chi connectivity index (χ0) is 17.2. The molecular formula is C21H18N2O2. The second-order valence-corrected chi connectivity index (χ2v) is 6.04. The maximum atomic E-state index is 12.4. The van der Waals surface area contributed by atoms with Crippen LogP contribution < -0.4 is 5.32 Å². The van der Waals surface area contributed by atoms with E-state index in [0.717, 1.165) is 22.0 Å². The Morgan fingerprint density at radius 1 is 0.920 bits per heavy atom. The number of aromatic nitrogens is 1. The molecule has 0 spiro atoms. The fourth-order valence-corrected chi connectivity index (χ4v) is 3.17. The third kappa shape index (κ3) is 2.94. The Labute approximate surface area is 145 Å². The van der Waals surface area contributed by atoms with E-state index in [-0.39, 0.29) is 11.7 Å². The summed E-state index contributed by atoms with van der Waals surface area (Å²) >= 11 is 0. The van der Waals surface area contributed by atoms with Gasteiger partial charge in [-0.05, 0) is 29.7 Å². The molecule has 0 aliphatic rings. The topological polar surface area (TPSA) is 54.3 Å². The lowest BCUT2D eigenvalue weighted by molar-refractivity contribution is -0.116. The zero-order valence-corrected chi connectivity index (χ0v) is 13.6. The average molecular weight is 330 g/mol. The molecule has 4 heteroatoms. The van der Waals surface area contributed by atoms with Gasteiger partial charge in [0.25, 0.3) is 0 Å². The summed E-state index contributed by atoms with van der Waals surface area (Å²) in [4.78, 5) is 12.4. The SMILES string of the molecule is O=C(CCn1ccc2ccccc21)Nc1cccc2c(O)cccc12. The molecule has 0 saturated heterocycles. The minimum absolute atomic E-state index is 0.0476. The van der Waals surface area contributed by atoms with Crippen molar-refractivity contribution in [2.75, 3.05) is 5.32 Å². The molecular weight excluding hydrogens is 312 g/mol. The van der Waals surface area contributed by atoms with Crippen LogP contribution in [0.3, 0.4) is 0 Å². The van der Waals surface area contributed by atoms with Crippen LogP contribution in [0.15, 0.2) is 72.9 Å². The number of amides is 1. The first-order valence-electron chi connectivity index (χ1n) is 8.27. The van der Waals surface area contributed by atoms with E-state index in [2.05, 4.69) is 28.1 Å². The Morgan fingerprint density at radius 3 is 2.64 bits per heavy atom. The van der Waals surface area contributed by atoms with Gasteiger partial charge in [0, 0.05) is 41.1 Å². The number of phenolic OH excluding ortho intramolecular Hbond substituents is 1. The molecule has 0 aliphatic carbocycles. The fraction of sp³-hybridized carbons (Fsp3) is 0.0952. The van der Waals surface area contributed by atoms with Gasteiger partial charge in [-0.25, -0.2) is 0 Å². The number of carbonyl (C=O) groups excluding carboxylic acids is 1. The van der Waals surface area contributed by atoms with Crippen LogP contribution in [0.4, 0.5) is 5.69 Å². The average Bonchev–Trinajstić information content (AvgIpc) is 3.04. The normalized spacial score (nSPS) is 11.0. The third-order valence-corrected chi connectivity index (χ3v) is 4.43. The van der Waals surface area contributed by atoms with Gasteiger partial charge in [-0.15, -0.1) is 0 Å². The van der Waals surface area contributed by atoms with E-state index in [0.29, 0.717) is 13.0 Å². The van der Waals surface area contributed by atoms with E-state index >= 15 is 0 Å². The van der Waals surface area contributed by atoms with E-state index in [1.54, 1.807) is 12.1 Å². The number of hydrogen-bond donors (Lipinski definition) is 2. The van der Waals surface area contributed by atoms with Crippen LogP contribution in [0.25, 0.3) is 21.7 Å². The monoisotopic (exact) mass is 330 g/mol. The molecule has 25 heavy (non-hydrogen) atoms. The lowest BCUT2D eigenvalue weighted by Crippen LogP contribution is -2.14. The summed E-state index contributed by atoms with van der Waals surface area (Å²) in [6.07, 6.45) is 2.39. The molecule has 0 aliphatic heterocycles. The highest BCUT2D eigenvalue weighted by Crippen LogP contribution is 2.29. The molecule has 4 rings (SSSR count). The lowest BCUT2D eigenvalue weighted by Gasteiger charge is -2.10.